The molecule has 1 fully saturated rings. The van der Waals surface area contributed by atoms with E-state index in [-0.39, 0.29) is 18.0 Å². The first-order valence-corrected chi connectivity index (χ1v) is 8.50. The molecule has 7 heteroatoms. The third-order valence-electron chi connectivity index (χ3n) is 4.54. The van der Waals surface area contributed by atoms with E-state index >= 15 is 0 Å². The summed E-state index contributed by atoms with van der Waals surface area (Å²) in [6.45, 7) is 4.95. The van der Waals surface area contributed by atoms with Crippen molar-refractivity contribution >= 4 is 22.9 Å². The molecule has 6 nitrogen and oxygen atoms in total. The molecule has 2 heterocycles. The summed E-state index contributed by atoms with van der Waals surface area (Å²) in [5.74, 6) is -0.701. The zero-order chi connectivity index (χ0) is 18.0. The molecule has 1 aromatic heterocycles. The highest BCUT2D eigenvalue weighted by Crippen LogP contribution is 2.25. The molecule has 25 heavy (non-hydrogen) atoms. The van der Waals surface area contributed by atoms with Gasteiger partial charge in [0.05, 0.1) is 12.2 Å². The van der Waals surface area contributed by atoms with Crippen LogP contribution in [-0.2, 0) is 4.74 Å². The van der Waals surface area contributed by atoms with Crippen molar-refractivity contribution in [3.05, 3.63) is 35.3 Å². The molecule has 2 N–H and O–H groups in total. The fourth-order valence-electron chi connectivity index (χ4n) is 3.30. The Morgan fingerprint density at radius 2 is 2.08 bits per heavy atom. The number of aryl methyl sites for hydroxylation is 1. The van der Waals surface area contributed by atoms with Gasteiger partial charge >= 0.3 is 6.09 Å². The topological polar surface area (TPSA) is 74.4 Å². The average molecular weight is 347 g/mol. The lowest BCUT2D eigenvalue weighted by atomic mass is 10.0. The number of H-pyrrole nitrogens is 1. The van der Waals surface area contributed by atoms with Gasteiger partial charge in [-0.15, -0.1) is 0 Å². The minimum atomic E-state index is -0.413. The van der Waals surface area contributed by atoms with Gasteiger partial charge in [0.1, 0.15) is 5.82 Å². The second kappa shape index (κ2) is 7.13. The number of rotatable bonds is 3. The van der Waals surface area contributed by atoms with Gasteiger partial charge in [-0.25, -0.2) is 9.18 Å². The molecule has 1 aromatic carbocycles. The number of hydrogen-bond donors (Lipinski definition) is 2. The van der Waals surface area contributed by atoms with Crippen molar-refractivity contribution in [2.24, 2.45) is 0 Å². The van der Waals surface area contributed by atoms with Gasteiger partial charge in [0.25, 0.3) is 5.91 Å². The molecule has 0 radical (unpaired) electrons. The molecule has 1 aliphatic heterocycles. The van der Waals surface area contributed by atoms with Gasteiger partial charge in [-0.3, -0.25) is 4.79 Å². The smallest absolute Gasteiger partial charge is 0.409 e. The molecule has 2 aromatic rings. The molecule has 2 amide bonds. The van der Waals surface area contributed by atoms with Crippen LogP contribution in [-0.4, -0.2) is 47.6 Å². The van der Waals surface area contributed by atoms with Crippen LogP contribution in [0.4, 0.5) is 9.18 Å². The number of piperidine rings is 1. The lowest BCUT2D eigenvalue weighted by Gasteiger charge is -2.31. The first kappa shape index (κ1) is 17.3. The molecule has 0 atom stereocenters. The van der Waals surface area contributed by atoms with Gasteiger partial charge in [0.2, 0.25) is 0 Å². The maximum absolute atomic E-state index is 14.2. The normalized spacial score (nSPS) is 15.4. The summed E-state index contributed by atoms with van der Waals surface area (Å²) in [7, 11) is 0. The predicted molar refractivity (Wildman–Crippen MR) is 92.1 cm³/mol. The van der Waals surface area contributed by atoms with Crippen molar-refractivity contribution < 1.29 is 18.7 Å². The molecule has 1 saturated heterocycles. The van der Waals surface area contributed by atoms with Crippen LogP contribution in [0.5, 0.6) is 0 Å². The third-order valence-corrected chi connectivity index (χ3v) is 4.54. The fraction of sp³-hybridized carbons (Fsp3) is 0.444. The zero-order valence-electron chi connectivity index (χ0n) is 14.4. The average Bonchev–Trinajstić information content (AvgIpc) is 2.93. The van der Waals surface area contributed by atoms with Gasteiger partial charge in [0, 0.05) is 35.7 Å². The number of benzene rings is 1. The summed E-state index contributed by atoms with van der Waals surface area (Å²) in [4.78, 5) is 29.1. The van der Waals surface area contributed by atoms with Crippen LogP contribution in [0.25, 0.3) is 10.9 Å². The van der Waals surface area contributed by atoms with Crippen molar-refractivity contribution in [2.45, 2.75) is 32.7 Å². The Bertz CT molecular complexity index is 794. The monoisotopic (exact) mass is 347 g/mol. The van der Waals surface area contributed by atoms with Crippen LogP contribution in [0.3, 0.4) is 0 Å². The van der Waals surface area contributed by atoms with Gasteiger partial charge < -0.3 is 19.9 Å². The molecule has 1 aliphatic rings. The minimum absolute atomic E-state index is 0.0469. The number of amides is 2. The van der Waals surface area contributed by atoms with Crippen LogP contribution >= 0.6 is 0 Å². The molecular weight excluding hydrogens is 325 g/mol. The SMILES string of the molecule is CCOC(=O)N1CCC(NC(=O)c2c(C)[nH]c3cccc(F)c23)CC1. The van der Waals surface area contributed by atoms with E-state index < -0.39 is 5.82 Å². The maximum atomic E-state index is 14.2. The standard InChI is InChI=1S/C18H22FN3O3/c1-3-25-18(24)22-9-7-12(8-10-22)21-17(23)15-11(2)20-14-6-4-5-13(19)16(14)15/h4-6,12,20H,3,7-10H2,1-2H3,(H,21,23). The number of halogens is 1. The number of fused-ring (bicyclic) bond motifs is 1. The van der Waals surface area contributed by atoms with E-state index in [0.717, 1.165) is 0 Å². The summed E-state index contributed by atoms with van der Waals surface area (Å²) in [6, 6.07) is 4.67. The molecule has 134 valence electrons. The lowest BCUT2D eigenvalue weighted by molar-refractivity contribution is 0.0860. The second-order valence-electron chi connectivity index (χ2n) is 6.22. The van der Waals surface area contributed by atoms with Crippen molar-refractivity contribution in [1.29, 1.82) is 0 Å². The third kappa shape index (κ3) is 3.45. The summed E-state index contributed by atoms with van der Waals surface area (Å²) in [5.41, 5.74) is 1.60. The van der Waals surface area contributed by atoms with Crippen LogP contribution in [0.1, 0.15) is 35.8 Å². The highest BCUT2D eigenvalue weighted by molar-refractivity contribution is 6.08. The number of carbonyl (C=O) groups excluding carboxylic acids is 2. The number of ether oxygens (including phenoxy) is 1. The summed E-state index contributed by atoms with van der Waals surface area (Å²) in [5, 5.41) is 3.29. The van der Waals surface area contributed by atoms with Crippen molar-refractivity contribution in [2.75, 3.05) is 19.7 Å². The summed E-state index contributed by atoms with van der Waals surface area (Å²) >= 11 is 0. The van der Waals surface area contributed by atoms with E-state index in [4.69, 9.17) is 4.74 Å². The Hall–Kier alpha value is -2.57. The highest BCUT2D eigenvalue weighted by atomic mass is 19.1. The van der Waals surface area contributed by atoms with E-state index in [0.29, 0.717) is 54.7 Å². The van der Waals surface area contributed by atoms with Crippen molar-refractivity contribution in [3.8, 4) is 0 Å². The van der Waals surface area contributed by atoms with Crippen molar-refractivity contribution in [1.82, 2.24) is 15.2 Å². The number of aromatic nitrogens is 1. The highest BCUT2D eigenvalue weighted by Gasteiger charge is 2.26. The lowest BCUT2D eigenvalue weighted by Crippen LogP contribution is -2.46. The molecule has 0 saturated carbocycles. The molecular formula is C18H22FN3O3. The molecule has 0 unspecified atom stereocenters. The molecule has 3 rings (SSSR count). The fourth-order valence-corrected chi connectivity index (χ4v) is 3.30. The number of carbonyl (C=O) groups is 2. The molecule has 0 spiro atoms. The van der Waals surface area contributed by atoms with E-state index in [9.17, 15) is 14.0 Å². The Labute approximate surface area is 145 Å². The summed E-state index contributed by atoms with van der Waals surface area (Å²) < 4.78 is 19.1. The zero-order valence-corrected chi connectivity index (χ0v) is 14.4. The quantitative estimate of drug-likeness (QED) is 0.896. The van der Waals surface area contributed by atoms with E-state index in [1.165, 1.54) is 6.07 Å². The molecule has 0 aliphatic carbocycles. The maximum Gasteiger partial charge on any atom is 0.409 e. The van der Waals surface area contributed by atoms with E-state index in [1.807, 2.05) is 0 Å². The minimum Gasteiger partial charge on any atom is -0.450 e. The first-order chi connectivity index (χ1) is 12.0. The van der Waals surface area contributed by atoms with Gasteiger partial charge in [-0.1, -0.05) is 6.07 Å². The van der Waals surface area contributed by atoms with Crippen LogP contribution < -0.4 is 5.32 Å². The number of hydrogen-bond acceptors (Lipinski definition) is 3. The second-order valence-corrected chi connectivity index (χ2v) is 6.22. The predicted octanol–water partition coefficient (Wildman–Crippen LogP) is 2.97. The van der Waals surface area contributed by atoms with Crippen molar-refractivity contribution in [3.63, 3.8) is 0 Å². The number of nitrogens with zero attached hydrogens (tertiary/aromatic N) is 1. The largest absolute Gasteiger partial charge is 0.450 e. The summed E-state index contributed by atoms with van der Waals surface area (Å²) in [6.07, 6.45) is 0.977. The van der Waals surface area contributed by atoms with Gasteiger partial charge in [-0.05, 0) is 38.8 Å². The molecule has 0 bridgehead atoms. The Morgan fingerprint density at radius 1 is 1.36 bits per heavy atom. The number of aromatic amines is 1. The van der Waals surface area contributed by atoms with E-state index in [2.05, 4.69) is 10.3 Å². The first-order valence-electron chi connectivity index (χ1n) is 8.50. The van der Waals surface area contributed by atoms with E-state index in [1.54, 1.807) is 30.9 Å². The Balaban J connectivity index is 1.68. The van der Waals surface area contributed by atoms with Crippen LogP contribution in [0.2, 0.25) is 0 Å². The number of likely N-dealkylation sites (tertiary alicyclic amines) is 1. The Morgan fingerprint density at radius 3 is 2.76 bits per heavy atom. The van der Waals surface area contributed by atoms with Crippen LogP contribution in [0.15, 0.2) is 18.2 Å². The van der Waals surface area contributed by atoms with Gasteiger partial charge in [-0.2, -0.15) is 0 Å². The van der Waals surface area contributed by atoms with Crippen LogP contribution in [0, 0.1) is 12.7 Å². The number of nitrogens with one attached hydrogen (secondary N) is 2. The van der Waals surface area contributed by atoms with Gasteiger partial charge in [0.15, 0.2) is 0 Å². The Kier molecular flexibility index (Phi) is 4.92.